The lowest BCUT2D eigenvalue weighted by Gasteiger charge is -2.48. The minimum atomic E-state index is -0.964. The van der Waals surface area contributed by atoms with Gasteiger partial charge in [-0.1, -0.05) is 52.0 Å². The van der Waals surface area contributed by atoms with Crippen molar-refractivity contribution in [3.05, 3.63) is 47.6 Å². The Morgan fingerprint density at radius 1 is 1.27 bits per heavy atom. The molecule has 1 saturated carbocycles. The number of fused-ring (bicyclic) bond motifs is 1. The third-order valence-electron chi connectivity index (χ3n) is 6.79. The van der Waals surface area contributed by atoms with Crippen LogP contribution in [0, 0.1) is 29.1 Å². The van der Waals surface area contributed by atoms with Crippen molar-refractivity contribution in [2.45, 2.75) is 66.4 Å². The second kappa shape index (κ2) is 10.9. The van der Waals surface area contributed by atoms with Crippen molar-refractivity contribution in [2.24, 2.45) is 29.1 Å². The summed E-state index contributed by atoms with van der Waals surface area (Å²) in [6, 6.07) is 0. The number of carbonyl (C=O) groups is 4. The molecule has 180 valence electrons. The largest absolute Gasteiger partial charge is 0.481 e. The van der Waals surface area contributed by atoms with E-state index in [9.17, 15) is 24.3 Å². The minimum absolute atomic E-state index is 0.136. The number of hydrogen-bond acceptors (Lipinski definition) is 5. The highest BCUT2D eigenvalue weighted by molar-refractivity contribution is 6.00. The predicted octanol–water partition coefficient (Wildman–Crippen LogP) is 4.85. The Morgan fingerprint density at radius 3 is 2.52 bits per heavy atom. The molecule has 2 aliphatic rings. The first kappa shape index (κ1) is 26.5. The summed E-state index contributed by atoms with van der Waals surface area (Å²) in [6.07, 6.45) is 8.29. The third kappa shape index (κ3) is 6.40. The Kier molecular flexibility index (Phi) is 8.76. The van der Waals surface area contributed by atoms with E-state index in [0.29, 0.717) is 36.5 Å². The molecule has 0 aliphatic heterocycles. The van der Waals surface area contributed by atoms with Crippen molar-refractivity contribution < 1.29 is 29.0 Å². The van der Waals surface area contributed by atoms with Gasteiger partial charge in [0.15, 0.2) is 5.78 Å². The fraction of sp³-hybridized carbons (Fsp3) is 0.556. The lowest BCUT2D eigenvalue weighted by molar-refractivity contribution is -0.152. The van der Waals surface area contributed by atoms with Crippen LogP contribution in [0.5, 0.6) is 0 Å². The number of carbonyl (C=O) groups excluding carboxylic acids is 3. The molecule has 0 aromatic carbocycles. The summed E-state index contributed by atoms with van der Waals surface area (Å²) in [5.41, 5.74) is 0.699. The number of aldehydes is 1. The van der Waals surface area contributed by atoms with Gasteiger partial charge in [0.1, 0.15) is 12.4 Å². The second-order valence-corrected chi connectivity index (χ2v) is 10.1. The highest BCUT2D eigenvalue weighted by Crippen LogP contribution is 2.53. The van der Waals surface area contributed by atoms with Crippen LogP contribution in [0.2, 0.25) is 0 Å². The number of hydrogen-bond donors (Lipinski definition) is 1. The monoisotopic (exact) mass is 456 g/mol. The topological polar surface area (TPSA) is 97.7 Å². The molecule has 1 N–H and O–H groups in total. The average Bonchev–Trinajstić information content (AvgIpc) is 2.71. The summed E-state index contributed by atoms with van der Waals surface area (Å²) >= 11 is 0. The van der Waals surface area contributed by atoms with E-state index >= 15 is 0 Å². The van der Waals surface area contributed by atoms with Gasteiger partial charge in [-0.25, -0.2) is 4.79 Å². The molecule has 0 radical (unpaired) electrons. The van der Waals surface area contributed by atoms with E-state index in [0.717, 1.165) is 12.0 Å². The molecule has 0 heterocycles. The lowest BCUT2D eigenvalue weighted by Crippen LogP contribution is -2.49. The van der Waals surface area contributed by atoms with Gasteiger partial charge >= 0.3 is 11.9 Å². The van der Waals surface area contributed by atoms with E-state index in [4.69, 9.17) is 4.74 Å². The van der Waals surface area contributed by atoms with Crippen molar-refractivity contribution in [3.63, 3.8) is 0 Å². The Labute approximate surface area is 196 Å². The zero-order chi connectivity index (χ0) is 24.9. The van der Waals surface area contributed by atoms with Gasteiger partial charge in [-0.15, -0.1) is 0 Å². The highest BCUT2D eigenvalue weighted by Gasteiger charge is 2.53. The Hall–Kier alpha value is -2.76. The Bertz CT molecular complexity index is 906. The maximum atomic E-state index is 12.7. The smallest absolute Gasteiger partial charge is 0.331 e. The van der Waals surface area contributed by atoms with Crippen LogP contribution in [0.4, 0.5) is 0 Å². The molecule has 2 aliphatic carbocycles. The quantitative estimate of drug-likeness (QED) is 0.230. The van der Waals surface area contributed by atoms with Crippen LogP contribution in [0.15, 0.2) is 47.6 Å². The SMILES string of the molecule is C=C(C=O)[C@@H]1C[C@@]2(C)C(=CC1=O)[C@H](OC(=O)C=CC(C)=C[C@H](C)CC(C)C)CC[C@@H]2C(=O)O. The molecule has 5 atom stereocenters. The Balaban J connectivity index is 2.22. The maximum Gasteiger partial charge on any atom is 0.331 e. The summed E-state index contributed by atoms with van der Waals surface area (Å²) in [5.74, 6) is -2.32. The molecule has 6 nitrogen and oxygen atoms in total. The lowest BCUT2D eigenvalue weighted by atomic mass is 9.56. The molecule has 0 unspecified atom stereocenters. The number of ketones is 1. The van der Waals surface area contributed by atoms with Gasteiger partial charge < -0.3 is 9.84 Å². The molecule has 0 spiro atoms. The van der Waals surface area contributed by atoms with Gasteiger partial charge in [0.05, 0.1) is 11.8 Å². The number of rotatable bonds is 9. The third-order valence-corrected chi connectivity index (χ3v) is 6.79. The van der Waals surface area contributed by atoms with E-state index in [2.05, 4.69) is 33.4 Å². The van der Waals surface area contributed by atoms with E-state index in [1.807, 2.05) is 6.92 Å². The zero-order valence-electron chi connectivity index (χ0n) is 20.3. The number of carboxylic acids is 1. The summed E-state index contributed by atoms with van der Waals surface area (Å²) in [6.45, 7) is 13.8. The first-order valence-electron chi connectivity index (χ1n) is 11.6. The molecule has 2 rings (SSSR count). The van der Waals surface area contributed by atoms with Crippen molar-refractivity contribution in [2.75, 3.05) is 0 Å². The number of ether oxygens (including phenoxy) is 1. The van der Waals surface area contributed by atoms with E-state index in [1.165, 1.54) is 12.2 Å². The van der Waals surface area contributed by atoms with Crippen LogP contribution in [-0.2, 0) is 23.9 Å². The van der Waals surface area contributed by atoms with Crippen LogP contribution >= 0.6 is 0 Å². The van der Waals surface area contributed by atoms with Gasteiger partial charge in [-0.05, 0) is 61.7 Å². The van der Waals surface area contributed by atoms with Crippen LogP contribution < -0.4 is 0 Å². The normalized spacial score (nSPS) is 28.8. The first-order valence-corrected chi connectivity index (χ1v) is 11.6. The fourth-order valence-corrected chi connectivity index (χ4v) is 5.27. The molecular formula is C27H36O6. The maximum absolute atomic E-state index is 12.7. The number of aliphatic carboxylic acids is 1. The fourth-order valence-electron chi connectivity index (χ4n) is 5.27. The molecule has 0 amide bonds. The van der Waals surface area contributed by atoms with E-state index in [-0.39, 0.29) is 17.8 Å². The Morgan fingerprint density at radius 2 is 1.94 bits per heavy atom. The molecule has 1 fully saturated rings. The van der Waals surface area contributed by atoms with E-state index in [1.54, 1.807) is 13.0 Å². The van der Waals surface area contributed by atoms with Crippen molar-refractivity contribution in [1.82, 2.24) is 0 Å². The summed E-state index contributed by atoms with van der Waals surface area (Å²) in [4.78, 5) is 48.4. The first-order chi connectivity index (χ1) is 15.4. The van der Waals surface area contributed by atoms with Crippen LogP contribution in [0.1, 0.15) is 60.3 Å². The van der Waals surface area contributed by atoms with E-state index < -0.39 is 35.3 Å². The number of esters is 1. The standard InChI is InChI=1S/C27H36O6/c1-16(2)11-18(4)12-17(3)7-10-25(30)33-24-9-8-21(26(31)32)27(6)14-20(19(5)15-28)23(29)13-22(24)27/h7,10,12-13,15-16,18,20-21,24H,5,8-9,11,14H2,1-4,6H3,(H,31,32)/t18-,20+,21-,24-,27-/m1/s1. The molecule has 33 heavy (non-hydrogen) atoms. The highest BCUT2D eigenvalue weighted by atomic mass is 16.5. The number of carboxylic acid groups (broad SMARTS) is 1. The molecule has 0 aromatic rings. The van der Waals surface area contributed by atoms with Gasteiger partial charge in [-0.3, -0.25) is 14.4 Å². The minimum Gasteiger partial charge on any atom is -0.481 e. The van der Waals surface area contributed by atoms with Gasteiger partial charge in [0.25, 0.3) is 0 Å². The molecule has 0 saturated heterocycles. The van der Waals surface area contributed by atoms with Crippen LogP contribution in [0.3, 0.4) is 0 Å². The van der Waals surface area contributed by atoms with Crippen molar-refractivity contribution in [3.8, 4) is 0 Å². The zero-order valence-corrected chi connectivity index (χ0v) is 20.3. The summed E-state index contributed by atoms with van der Waals surface area (Å²) in [5, 5.41) is 9.80. The molecular weight excluding hydrogens is 420 g/mol. The molecule has 6 heteroatoms. The van der Waals surface area contributed by atoms with Crippen molar-refractivity contribution >= 4 is 24.0 Å². The van der Waals surface area contributed by atoms with Crippen LogP contribution in [0.25, 0.3) is 0 Å². The van der Waals surface area contributed by atoms with Gasteiger partial charge in [0.2, 0.25) is 0 Å². The van der Waals surface area contributed by atoms with Crippen molar-refractivity contribution in [1.29, 1.82) is 0 Å². The molecule has 0 bridgehead atoms. The average molecular weight is 457 g/mol. The van der Waals surface area contributed by atoms with Gasteiger partial charge in [-0.2, -0.15) is 0 Å². The summed E-state index contributed by atoms with van der Waals surface area (Å²) < 4.78 is 5.69. The van der Waals surface area contributed by atoms with Crippen LogP contribution in [-0.4, -0.2) is 35.2 Å². The molecule has 0 aromatic heterocycles. The van der Waals surface area contributed by atoms with Gasteiger partial charge in [0, 0.05) is 11.5 Å². The predicted molar refractivity (Wildman–Crippen MR) is 126 cm³/mol. The number of allylic oxidation sites excluding steroid dienone is 5. The summed E-state index contributed by atoms with van der Waals surface area (Å²) in [7, 11) is 0. The second-order valence-electron chi connectivity index (χ2n) is 10.1.